The predicted molar refractivity (Wildman–Crippen MR) is 62.0 cm³/mol. The van der Waals surface area contributed by atoms with Crippen LogP contribution in [0.3, 0.4) is 0 Å². The Bertz CT molecular complexity index is 624. The zero-order chi connectivity index (χ0) is 15.5. The molecule has 0 aliphatic carbocycles. The van der Waals surface area contributed by atoms with Crippen molar-refractivity contribution in [2.45, 2.75) is 19.3 Å². The number of nitrogens with one attached hydrogen (secondary N) is 1. The highest BCUT2D eigenvalue weighted by Gasteiger charge is 2.32. The molecule has 0 aromatic carbocycles. The molecule has 0 aliphatic heterocycles. The van der Waals surface area contributed by atoms with Gasteiger partial charge in [-0.1, -0.05) is 5.21 Å². The Hall–Kier alpha value is -2.72. The van der Waals surface area contributed by atoms with Gasteiger partial charge in [-0.3, -0.25) is 4.79 Å². The van der Waals surface area contributed by atoms with Gasteiger partial charge >= 0.3 is 12.1 Å². The van der Waals surface area contributed by atoms with Crippen molar-refractivity contribution in [3.8, 4) is 0 Å². The SMILES string of the molecule is O=C(O)Cn1cc(CNc2ccc(C(F)(F)F)nn2)nn1. The van der Waals surface area contributed by atoms with E-state index in [2.05, 4.69) is 25.8 Å². The minimum absolute atomic E-state index is 0.125. The van der Waals surface area contributed by atoms with Crippen molar-refractivity contribution in [2.24, 2.45) is 0 Å². The van der Waals surface area contributed by atoms with Crippen LogP contribution in [0.1, 0.15) is 11.4 Å². The molecule has 0 atom stereocenters. The van der Waals surface area contributed by atoms with Crippen LogP contribution < -0.4 is 5.32 Å². The first kappa shape index (κ1) is 14.7. The van der Waals surface area contributed by atoms with E-state index >= 15 is 0 Å². The summed E-state index contributed by atoms with van der Waals surface area (Å²) >= 11 is 0. The second kappa shape index (κ2) is 5.73. The van der Waals surface area contributed by atoms with Gasteiger partial charge < -0.3 is 10.4 Å². The van der Waals surface area contributed by atoms with Crippen LogP contribution in [0.25, 0.3) is 0 Å². The van der Waals surface area contributed by atoms with Gasteiger partial charge in [0, 0.05) is 0 Å². The van der Waals surface area contributed by atoms with Crippen LogP contribution in [0.5, 0.6) is 0 Å². The number of anilines is 1. The summed E-state index contributed by atoms with van der Waals surface area (Å²) in [6.45, 7) is -0.202. The molecule has 0 unspecified atom stereocenters. The average Bonchev–Trinajstić information content (AvgIpc) is 2.82. The van der Waals surface area contributed by atoms with Crippen LogP contribution in [-0.4, -0.2) is 36.3 Å². The summed E-state index contributed by atoms with van der Waals surface area (Å²) in [6, 6.07) is 1.94. The maximum absolute atomic E-state index is 12.3. The molecule has 8 nitrogen and oxygen atoms in total. The van der Waals surface area contributed by atoms with E-state index in [1.807, 2.05) is 0 Å². The third kappa shape index (κ3) is 4.12. The van der Waals surface area contributed by atoms with Crippen LogP contribution >= 0.6 is 0 Å². The number of alkyl halides is 3. The predicted octanol–water partition coefficient (Wildman–Crippen LogP) is 0.784. The minimum Gasteiger partial charge on any atom is -0.480 e. The normalized spacial score (nSPS) is 11.4. The summed E-state index contributed by atoms with van der Waals surface area (Å²) in [5.41, 5.74) is -0.668. The molecule has 0 amide bonds. The van der Waals surface area contributed by atoms with E-state index in [1.165, 1.54) is 6.20 Å². The number of nitrogens with zero attached hydrogens (tertiary/aromatic N) is 5. The number of aliphatic carboxylic acids is 1. The Morgan fingerprint density at radius 1 is 1.29 bits per heavy atom. The zero-order valence-electron chi connectivity index (χ0n) is 10.4. The number of hydrogen-bond donors (Lipinski definition) is 2. The van der Waals surface area contributed by atoms with Crippen molar-refractivity contribution >= 4 is 11.8 Å². The smallest absolute Gasteiger partial charge is 0.435 e. The van der Waals surface area contributed by atoms with Gasteiger partial charge in [0.2, 0.25) is 0 Å². The highest BCUT2D eigenvalue weighted by molar-refractivity contribution is 5.66. The summed E-state index contributed by atoms with van der Waals surface area (Å²) in [7, 11) is 0. The van der Waals surface area contributed by atoms with Crippen LogP contribution in [0, 0.1) is 0 Å². The summed E-state index contributed by atoms with van der Waals surface area (Å²) in [5, 5.41) is 25.0. The second-order valence-electron chi connectivity index (χ2n) is 3.96. The minimum atomic E-state index is -4.54. The van der Waals surface area contributed by atoms with E-state index in [-0.39, 0.29) is 18.9 Å². The zero-order valence-corrected chi connectivity index (χ0v) is 10.4. The van der Waals surface area contributed by atoms with E-state index < -0.39 is 17.8 Å². The number of carbonyl (C=O) groups is 1. The lowest BCUT2D eigenvalue weighted by Gasteiger charge is -2.06. The molecule has 0 spiro atoms. The molecule has 0 saturated heterocycles. The standard InChI is InChI=1S/C10H9F3N6O2/c11-10(12,13)7-1-2-8(17-16-7)14-3-6-4-19(18-15-6)5-9(20)21/h1-2,4H,3,5H2,(H,14,17)(H,20,21). The highest BCUT2D eigenvalue weighted by atomic mass is 19.4. The Kier molecular flexibility index (Phi) is 4.00. The summed E-state index contributed by atoms with van der Waals surface area (Å²) in [4.78, 5) is 10.5. The van der Waals surface area contributed by atoms with Gasteiger partial charge in [-0.15, -0.1) is 15.3 Å². The lowest BCUT2D eigenvalue weighted by molar-refractivity contribution is -0.141. The molecule has 0 aliphatic rings. The second-order valence-corrected chi connectivity index (χ2v) is 3.96. The highest BCUT2D eigenvalue weighted by Crippen LogP contribution is 2.27. The van der Waals surface area contributed by atoms with Crippen LogP contribution in [0.4, 0.5) is 19.0 Å². The Morgan fingerprint density at radius 3 is 2.62 bits per heavy atom. The molecule has 2 aromatic heterocycles. The molecular formula is C10H9F3N6O2. The van der Waals surface area contributed by atoms with Gasteiger partial charge in [0.1, 0.15) is 18.1 Å². The summed E-state index contributed by atoms with van der Waals surface area (Å²) in [6.07, 6.45) is -3.14. The fourth-order valence-corrected chi connectivity index (χ4v) is 1.39. The maximum atomic E-state index is 12.3. The number of hydrogen-bond acceptors (Lipinski definition) is 6. The van der Waals surface area contributed by atoms with Crippen molar-refractivity contribution in [1.82, 2.24) is 25.2 Å². The Morgan fingerprint density at radius 2 is 2.05 bits per heavy atom. The molecular weight excluding hydrogens is 293 g/mol. The van der Waals surface area contributed by atoms with E-state index in [4.69, 9.17) is 5.11 Å². The molecule has 0 saturated carbocycles. The van der Waals surface area contributed by atoms with E-state index in [9.17, 15) is 18.0 Å². The molecule has 0 radical (unpaired) electrons. The van der Waals surface area contributed by atoms with Gasteiger partial charge in [0.25, 0.3) is 0 Å². The van der Waals surface area contributed by atoms with Gasteiger partial charge in [0.15, 0.2) is 5.69 Å². The molecule has 0 bridgehead atoms. The van der Waals surface area contributed by atoms with E-state index in [0.717, 1.165) is 16.8 Å². The third-order valence-electron chi connectivity index (χ3n) is 2.29. The summed E-state index contributed by atoms with van der Waals surface area (Å²) < 4.78 is 38.0. The van der Waals surface area contributed by atoms with E-state index in [0.29, 0.717) is 5.69 Å². The molecule has 2 heterocycles. The van der Waals surface area contributed by atoms with Crippen LogP contribution in [-0.2, 0) is 24.1 Å². The quantitative estimate of drug-likeness (QED) is 0.840. The molecule has 112 valence electrons. The summed E-state index contributed by atoms with van der Waals surface area (Å²) in [5.74, 6) is -0.927. The number of halogens is 3. The topological polar surface area (TPSA) is 106 Å². The monoisotopic (exact) mass is 302 g/mol. The maximum Gasteiger partial charge on any atom is 0.435 e. The first-order valence-corrected chi connectivity index (χ1v) is 5.60. The Balaban J connectivity index is 1.94. The molecule has 2 N–H and O–H groups in total. The number of aromatic nitrogens is 5. The third-order valence-corrected chi connectivity index (χ3v) is 2.29. The van der Waals surface area contributed by atoms with Gasteiger partial charge in [-0.25, -0.2) is 4.68 Å². The van der Waals surface area contributed by atoms with Crippen molar-refractivity contribution in [3.05, 3.63) is 29.7 Å². The van der Waals surface area contributed by atoms with Crippen molar-refractivity contribution in [3.63, 3.8) is 0 Å². The van der Waals surface area contributed by atoms with E-state index in [1.54, 1.807) is 0 Å². The fraction of sp³-hybridized carbons (Fsp3) is 0.300. The molecule has 11 heteroatoms. The largest absolute Gasteiger partial charge is 0.480 e. The van der Waals surface area contributed by atoms with Gasteiger partial charge in [0.05, 0.1) is 12.7 Å². The average molecular weight is 302 g/mol. The first-order valence-electron chi connectivity index (χ1n) is 5.60. The van der Waals surface area contributed by atoms with Crippen LogP contribution in [0.2, 0.25) is 0 Å². The molecule has 2 aromatic rings. The molecule has 21 heavy (non-hydrogen) atoms. The Labute approximate surface area is 115 Å². The molecule has 0 fully saturated rings. The number of carboxylic acids is 1. The molecule has 2 rings (SSSR count). The number of carboxylic acid groups (broad SMARTS) is 1. The first-order chi connectivity index (χ1) is 9.84. The lowest BCUT2D eigenvalue weighted by atomic mass is 10.3. The van der Waals surface area contributed by atoms with Crippen LogP contribution in [0.15, 0.2) is 18.3 Å². The fourth-order valence-electron chi connectivity index (χ4n) is 1.39. The van der Waals surface area contributed by atoms with Crippen molar-refractivity contribution < 1.29 is 23.1 Å². The van der Waals surface area contributed by atoms with Gasteiger partial charge in [-0.05, 0) is 12.1 Å². The van der Waals surface area contributed by atoms with Crippen molar-refractivity contribution in [2.75, 3.05) is 5.32 Å². The van der Waals surface area contributed by atoms with Crippen molar-refractivity contribution in [1.29, 1.82) is 0 Å². The lowest BCUT2D eigenvalue weighted by Crippen LogP contribution is -2.10. The number of rotatable bonds is 5. The van der Waals surface area contributed by atoms with Gasteiger partial charge in [-0.2, -0.15) is 13.2 Å².